The first-order chi connectivity index (χ1) is 57.8. The zero-order valence-electron chi connectivity index (χ0n) is 68.2. The van der Waals surface area contributed by atoms with Crippen LogP contribution < -0.4 is 65.1 Å². The van der Waals surface area contributed by atoms with Crippen molar-refractivity contribution < 1.29 is 120 Å². The van der Waals surface area contributed by atoms with Gasteiger partial charge in [0.25, 0.3) is 20.2 Å². The predicted molar refractivity (Wildman–Crippen MR) is 472 cm³/mol. The Balaban J connectivity index is 0.000000235. The van der Waals surface area contributed by atoms with E-state index in [4.69, 9.17) is 41.3 Å². The van der Waals surface area contributed by atoms with Crippen LogP contribution in [0.3, 0.4) is 0 Å². The fourth-order valence-corrected chi connectivity index (χ4v) is 13.3. The first kappa shape index (κ1) is 102. The Morgan fingerprint density at radius 2 is 0.592 bits per heavy atom. The summed E-state index contributed by atoms with van der Waals surface area (Å²) in [5.41, 5.74) is 16.4. The molecule has 652 valence electrons. The van der Waals surface area contributed by atoms with Crippen LogP contribution in [0, 0.1) is 0 Å². The summed E-state index contributed by atoms with van der Waals surface area (Å²) in [6, 6.07) is 63.3. The molecule has 0 aliphatic carbocycles. The largest absolute Gasteiger partial charge is 1.00 e. The molecule has 0 spiro atoms. The molecule has 10 aromatic carbocycles. The van der Waals surface area contributed by atoms with E-state index in [-0.39, 0.29) is 82.6 Å². The summed E-state index contributed by atoms with van der Waals surface area (Å²) in [4.78, 5) is 66.6. The molecular formula is C86H84Cl2F3N10NaO18S5. The van der Waals surface area contributed by atoms with Crippen molar-refractivity contribution in [2.75, 3.05) is 108 Å². The zero-order chi connectivity index (χ0) is 90.5. The second-order valence-corrected chi connectivity index (χ2v) is 35.5. The molecule has 0 saturated heterocycles. The van der Waals surface area contributed by atoms with Crippen molar-refractivity contribution in [3.05, 3.63) is 283 Å². The van der Waals surface area contributed by atoms with E-state index < -0.39 is 75.7 Å². The molecule has 125 heavy (non-hydrogen) atoms. The van der Waals surface area contributed by atoms with Crippen molar-refractivity contribution in [3.63, 3.8) is 0 Å². The van der Waals surface area contributed by atoms with Gasteiger partial charge in [0.1, 0.15) is 10.1 Å². The Kier molecular flexibility index (Phi) is 37.0. The molecule has 0 saturated carbocycles. The number of amides is 1. The summed E-state index contributed by atoms with van der Waals surface area (Å²) < 4.78 is 174. The summed E-state index contributed by atoms with van der Waals surface area (Å²) in [6.07, 6.45) is 4.85. The van der Waals surface area contributed by atoms with E-state index in [1.54, 1.807) is 67.1 Å². The van der Waals surface area contributed by atoms with Crippen LogP contribution in [0.4, 0.5) is 40.1 Å². The number of nitrogens with one attached hydrogen (secondary N) is 1. The van der Waals surface area contributed by atoms with Gasteiger partial charge in [-0.1, -0.05) is 7.43 Å². The minimum absolute atomic E-state index is 0. The van der Waals surface area contributed by atoms with Crippen LogP contribution in [0.25, 0.3) is 68.3 Å². The maximum absolute atomic E-state index is 12.9. The van der Waals surface area contributed by atoms with Gasteiger partial charge in [-0.05, 0) is 254 Å². The van der Waals surface area contributed by atoms with Crippen LogP contribution in [0.1, 0.15) is 48.9 Å². The molecule has 3 aromatic heterocycles. The number of nitrogens with two attached hydrogens (primary N) is 1. The SMILES string of the molecule is C.CN(C)c1ccc(-c2cnc(-c3ccc(S(=O)(=O)Cl)cc3)o2)cc1.CN(C)c1ccc(-c2cnc(-c3ccc(S(=O)(=O)F)cc3)o2)cc1.CN(C)c1ccc(-c2cnc(-c3ccc(S(=O)(=O)[O-])cc3)o2)cc1.CN(C)c1ccc(C(=O)CN)cc1.CN(C)c1ccc(C(=O)CNC(=O)c2ccc(S(=O)(=O)F)cc2)cc1.O=C(Cl)c1ccc(S(=O)(=O)F)cc1.[Na+]. The number of ketones is 2. The number of Topliss-reactive ketones (excluding diaryl/α,β-unsaturated/α-hetero) is 2. The van der Waals surface area contributed by atoms with Crippen molar-refractivity contribution in [1.29, 1.82) is 0 Å². The van der Waals surface area contributed by atoms with Gasteiger partial charge in [0.15, 0.2) is 28.8 Å². The van der Waals surface area contributed by atoms with E-state index in [1.165, 1.54) is 72.8 Å². The van der Waals surface area contributed by atoms with Crippen molar-refractivity contribution in [2.24, 2.45) is 5.73 Å². The van der Waals surface area contributed by atoms with E-state index in [0.29, 0.717) is 62.8 Å². The number of rotatable bonds is 23. The molecule has 39 heteroatoms. The van der Waals surface area contributed by atoms with Crippen LogP contribution in [-0.4, -0.2) is 168 Å². The van der Waals surface area contributed by atoms with Gasteiger partial charge in [-0.3, -0.25) is 19.2 Å². The van der Waals surface area contributed by atoms with Gasteiger partial charge >= 0.3 is 60.2 Å². The van der Waals surface area contributed by atoms with Gasteiger partial charge in [0.05, 0.1) is 56.2 Å². The second kappa shape index (κ2) is 45.3. The Hall–Kier alpha value is -11.7. The quantitative estimate of drug-likeness (QED) is 0.0260. The number of aromatic nitrogens is 3. The van der Waals surface area contributed by atoms with Crippen LogP contribution in [0.15, 0.2) is 299 Å². The second-order valence-electron chi connectivity index (χ2n) is 27.1. The first-order valence-electron chi connectivity index (χ1n) is 36.0. The van der Waals surface area contributed by atoms with Crippen LogP contribution in [0.5, 0.6) is 0 Å². The van der Waals surface area contributed by atoms with Crippen molar-refractivity contribution in [3.8, 4) is 68.3 Å². The maximum Gasteiger partial charge on any atom is 1.00 e. The molecule has 0 unspecified atom stereocenters. The van der Waals surface area contributed by atoms with Gasteiger partial charge in [-0.25, -0.2) is 31.8 Å². The Morgan fingerprint density at radius 1 is 0.360 bits per heavy atom. The number of hydrogen-bond donors (Lipinski definition) is 2. The topological polar surface area (TPSA) is 394 Å². The Morgan fingerprint density at radius 3 is 0.840 bits per heavy atom. The minimum atomic E-state index is -4.81. The number of anilines is 5. The summed E-state index contributed by atoms with van der Waals surface area (Å²) in [5.74, 6) is 2.12. The third-order valence-electron chi connectivity index (χ3n) is 17.4. The van der Waals surface area contributed by atoms with E-state index in [9.17, 15) is 77.5 Å². The summed E-state index contributed by atoms with van der Waals surface area (Å²) >= 11 is 5.09. The average Bonchev–Trinajstić information content (AvgIpc) is 1.70. The van der Waals surface area contributed by atoms with E-state index in [0.717, 1.165) is 81.5 Å². The summed E-state index contributed by atoms with van der Waals surface area (Å²) in [7, 11) is 2.40. The molecule has 1 amide bonds. The molecule has 28 nitrogen and oxygen atoms in total. The number of carbonyl (C=O) groups is 4. The molecule has 0 aliphatic rings. The Bertz CT molecular complexity index is 6030. The molecule has 0 aliphatic heterocycles. The van der Waals surface area contributed by atoms with E-state index in [1.807, 2.05) is 180 Å². The predicted octanol–water partition coefficient (Wildman–Crippen LogP) is 13.0. The molecular weight excluding hydrogens is 1770 g/mol. The van der Waals surface area contributed by atoms with Crippen molar-refractivity contribution in [2.45, 2.75) is 31.9 Å². The zero-order valence-corrected chi connectivity index (χ0v) is 75.8. The van der Waals surface area contributed by atoms with Gasteiger partial charge in [0.2, 0.25) is 17.7 Å². The van der Waals surface area contributed by atoms with Crippen molar-refractivity contribution in [1.82, 2.24) is 20.3 Å². The van der Waals surface area contributed by atoms with Crippen molar-refractivity contribution >= 4 is 123 Å². The molecule has 0 bridgehead atoms. The normalized spacial score (nSPS) is 11.0. The van der Waals surface area contributed by atoms with Gasteiger partial charge < -0.3 is 53.4 Å². The number of hydrogen-bond acceptors (Lipinski definition) is 27. The molecule has 3 heterocycles. The van der Waals surface area contributed by atoms with E-state index in [2.05, 4.69) is 20.3 Å². The number of benzene rings is 10. The fourth-order valence-electron chi connectivity index (χ4n) is 10.6. The smallest absolute Gasteiger partial charge is 0.744 e. The summed E-state index contributed by atoms with van der Waals surface area (Å²) in [6.45, 7) is -0.134. The first-order valence-corrected chi connectivity index (χ1v) is 44.3. The van der Waals surface area contributed by atoms with Crippen LogP contribution in [-0.2, 0) is 49.8 Å². The van der Waals surface area contributed by atoms with Crippen LogP contribution >= 0.6 is 22.3 Å². The molecule has 0 radical (unpaired) electrons. The molecule has 0 atom stereocenters. The monoisotopic (exact) mass is 1850 g/mol. The molecule has 0 fully saturated rings. The average molecular weight is 1860 g/mol. The molecule has 13 rings (SSSR count). The maximum atomic E-state index is 12.9. The van der Waals surface area contributed by atoms with Gasteiger partial charge in [-0.15, -0.1) is 11.7 Å². The van der Waals surface area contributed by atoms with Crippen LogP contribution in [0.2, 0.25) is 0 Å². The summed E-state index contributed by atoms with van der Waals surface area (Å²) in [5, 5.41) is 1.73. The number of carbonyl (C=O) groups excluding carboxylic acids is 4. The third kappa shape index (κ3) is 30.3. The molecule has 13 aromatic rings. The van der Waals surface area contributed by atoms with E-state index >= 15 is 0 Å². The van der Waals surface area contributed by atoms with Gasteiger partial charge in [0, 0.05) is 165 Å². The third-order valence-corrected chi connectivity index (χ3v) is 22.4. The van der Waals surface area contributed by atoms with Gasteiger partial charge in [-0.2, -0.15) is 25.3 Å². The Labute approximate surface area is 755 Å². The molecule has 3 N–H and O–H groups in total. The number of halogens is 5. The number of oxazole rings is 3. The minimum Gasteiger partial charge on any atom is -0.744 e. The fraction of sp³-hybridized carbons (Fsp3) is 0.151. The number of nitrogens with zero attached hydrogens (tertiary/aromatic N) is 8. The standard InChI is InChI=1S/C17H15ClN2O3S.C17H17FN2O4S.C17H15FN2O3S.C17H16N2O4S.C10H14N2O.C7H4ClFO3S.CH4.Na/c1-20(2)14-7-3-12(4-8-14)16-11-19-17(23-16)13-5-9-15(10-6-13)24(18,21)22;1-20(2)14-7-3-12(4-8-14)16(21)11-19-17(22)13-5-9-15(10-6-13)25(18,23)24;1-20(2)14-7-3-12(4-8-14)16-11-19-17(23-16)13-5-9-15(10-6-13)24(18,21)22;1-19(2)14-7-3-12(4-8-14)16-11-18-17(23-16)13-5-9-15(10-6-13)24(20,21)22;1-12(2)9-5-3-8(4-6-9)10(13)7-11;8-7(10)5-1-3-6(4-2-5)13(9,11)12;;/h3-11H,1-2H3;3-10H,11H2,1-2H3,(H,19,22);3-11H,1-2H3;3-11H,1-2H3,(H,20,21,22);3-6H,7,11H2,1-2H3;1-4H;1H4;/q;;;;;;;+1/p-1.